The third-order valence-corrected chi connectivity index (χ3v) is 7.72. The highest BCUT2D eigenvalue weighted by molar-refractivity contribution is 9.10. The number of carbonyl (C=O) groups is 1. The number of benzene rings is 1. The summed E-state index contributed by atoms with van der Waals surface area (Å²) in [7, 11) is 0. The van der Waals surface area contributed by atoms with E-state index < -0.39 is 0 Å². The fourth-order valence-corrected chi connectivity index (χ4v) is 5.83. The van der Waals surface area contributed by atoms with Crippen molar-refractivity contribution in [2.24, 2.45) is 0 Å². The van der Waals surface area contributed by atoms with Crippen molar-refractivity contribution in [3.05, 3.63) is 51.4 Å². The molecule has 6 nitrogen and oxygen atoms in total. The first-order valence-corrected chi connectivity index (χ1v) is 12.7. The highest BCUT2D eigenvalue weighted by Crippen LogP contribution is 2.24. The Bertz CT molecular complexity index is 1170. The quantitative estimate of drug-likeness (QED) is 0.527. The summed E-state index contributed by atoms with van der Waals surface area (Å²) in [4.78, 5) is 30.6. The lowest BCUT2D eigenvalue weighted by molar-refractivity contribution is -0.133. The summed E-state index contributed by atoms with van der Waals surface area (Å²) < 4.78 is 4.71. The molecule has 3 heterocycles. The number of carbonyl (C=O) groups excluding carboxylic acids is 1. The van der Waals surface area contributed by atoms with Crippen LogP contribution in [0.5, 0.6) is 0 Å². The van der Waals surface area contributed by atoms with Crippen molar-refractivity contribution in [1.82, 2.24) is 18.8 Å². The summed E-state index contributed by atoms with van der Waals surface area (Å²) in [6, 6.07) is 10.5. The second-order valence-corrected chi connectivity index (χ2v) is 10.1. The number of fused-ring (bicyclic) bond motifs is 3. The molecule has 0 N–H and O–H groups in total. The zero-order chi connectivity index (χ0) is 22.1. The molecule has 0 radical (unpaired) electrons. The number of halogens is 1. The molecule has 1 saturated heterocycles. The van der Waals surface area contributed by atoms with Crippen molar-refractivity contribution in [2.45, 2.75) is 57.5 Å². The van der Waals surface area contributed by atoms with E-state index in [2.05, 4.69) is 20.8 Å². The van der Waals surface area contributed by atoms with Gasteiger partial charge in [-0.05, 0) is 49.6 Å². The normalized spacial score (nSPS) is 18.6. The van der Waals surface area contributed by atoms with Crippen LogP contribution in [0.25, 0.3) is 16.6 Å². The lowest BCUT2D eigenvalue weighted by Gasteiger charge is -2.40. The van der Waals surface area contributed by atoms with Crippen molar-refractivity contribution < 1.29 is 4.79 Å². The molecular weight excluding hydrogens is 468 g/mol. The predicted molar refractivity (Wildman–Crippen MR) is 131 cm³/mol. The third-order valence-electron chi connectivity index (χ3n) is 7.23. The van der Waals surface area contributed by atoms with Crippen molar-refractivity contribution in [3.8, 4) is 0 Å². The second kappa shape index (κ2) is 9.40. The number of hydrogen-bond acceptors (Lipinski definition) is 3. The summed E-state index contributed by atoms with van der Waals surface area (Å²) in [5, 5.41) is 0. The lowest BCUT2D eigenvalue weighted by Crippen LogP contribution is -2.52. The summed E-state index contributed by atoms with van der Waals surface area (Å²) in [6.45, 7) is 4.21. The van der Waals surface area contributed by atoms with E-state index in [0.29, 0.717) is 24.9 Å². The van der Waals surface area contributed by atoms with Gasteiger partial charge in [-0.2, -0.15) is 0 Å². The van der Waals surface area contributed by atoms with E-state index >= 15 is 0 Å². The molecule has 2 aliphatic rings. The van der Waals surface area contributed by atoms with Crippen LogP contribution >= 0.6 is 15.9 Å². The molecule has 0 spiro atoms. The van der Waals surface area contributed by atoms with E-state index in [-0.39, 0.29) is 11.5 Å². The molecule has 0 unspecified atom stereocenters. The fraction of sp³-hybridized carbons (Fsp3) is 0.520. The lowest BCUT2D eigenvalue weighted by atomic mass is 9.94. The maximum atomic E-state index is 13.1. The van der Waals surface area contributed by atoms with Crippen LogP contribution < -0.4 is 5.56 Å². The smallest absolute Gasteiger partial charge is 0.275 e. The van der Waals surface area contributed by atoms with Gasteiger partial charge in [0.25, 0.3) is 5.56 Å². The monoisotopic (exact) mass is 498 g/mol. The van der Waals surface area contributed by atoms with Gasteiger partial charge in [0, 0.05) is 55.9 Å². The Morgan fingerprint density at radius 3 is 2.53 bits per heavy atom. The Hall–Kier alpha value is -2.12. The van der Waals surface area contributed by atoms with Crippen LogP contribution in [0.15, 0.2) is 45.8 Å². The molecule has 1 aromatic carbocycles. The van der Waals surface area contributed by atoms with Crippen LogP contribution in [0, 0.1) is 0 Å². The molecule has 170 valence electrons. The van der Waals surface area contributed by atoms with Gasteiger partial charge < -0.3 is 13.9 Å². The van der Waals surface area contributed by atoms with Crippen molar-refractivity contribution >= 4 is 38.4 Å². The van der Waals surface area contributed by atoms with Crippen LogP contribution in [-0.2, 0) is 11.3 Å². The van der Waals surface area contributed by atoms with Gasteiger partial charge in [-0.1, -0.05) is 35.2 Å². The first-order chi connectivity index (χ1) is 15.6. The van der Waals surface area contributed by atoms with Gasteiger partial charge >= 0.3 is 0 Å². The molecule has 5 rings (SSSR count). The highest BCUT2D eigenvalue weighted by Gasteiger charge is 2.26. The van der Waals surface area contributed by atoms with E-state index in [1.54, 1.807) is 0 Å². The number of aromatic nitrogens is 2. The van der Waals surface area contributed by atoms with Gasteiger partial charge in [0.1, 0.15) is 5.52 Å². The van der Waals surface area contributed by atoms with E-state index in [4.69, 9.17) is 0 Å². The van der Waals surface area contributed by atoms with Gasteiger partial charge in [-0.25, -0.2) is 0 Å². The van der Waals surface area contributed by atoms with E-state index in [1.807, 2.05) is 50.4 Å². The van der Waals surface area contributed by atoms with Gasteiger partial charge in [-0.3, -0.25) is 14.5 Å². The molecule has 0 bridgehead atoms. The third kappa shape index (κ3) is 4.25. The molecule has 1 saturated carbocycles. The predicted octanol–water partition coefficient (Wildman–Crippen LogP) is 4.27. The first-order valence-electron chi connectivity index (χ1n) is 11.9. The minimum Gasteiger partial charge on any atom is -0.340 e. The number of aryl methyl sites for hydroxylation is 1. The first kappa shape index (κ1) is 21.7. The zero-order valence-electron chi connectivity index (χ0n) is 18.5. The highest BCUT2D eigenvalue weighted by atomic mass is 79.9. The van der Waals surface area contributed by atoms with E-state index in [0.717, 1.165) is 47.7 Å². The minimum atomic E-state index is -0.00542. The molecule has 1 aliphatic carbocycles. The molecule has 32 heavy (non-hydrogen) atoms. The summed E-state index contributed by atoms with van der Waals surface area (Å²) >= 11 is 3.53. The summed E-state index contributed by atoms with van der Waals surface area (Å²) in [6.07, 6.45) is 9.79. The van der Waals surface area contributed by atoms with E-state index in [1.165, 1.54) is 32.1 Å². The summed E-state index contributed by atoms with van der Waals surface area (Å²) in [5.41, 5.74) is 2.55. The number of amides is 1. The Kier molecular flexibility index (Phi) is 6.37. The van der Waals surface area contributed by atoms with Gasteiger partial charge in [-0.15, -0.1) is 0 Å². The van der Waals surface area contributed by atoms with Crippen molar-refractivity contribution in [1.29, 1.82) is 0 Å². The Morgan fingerprint density at radius 1 is 0.969 bits per heavy atom. The van der Waals surface area contributed by atoms with Crippen LogP contribution in [-0.4, -0.2) is 56.9 Å². The average Bonchev–Trinajstić information content (AvgIpc) is 3.32. The van der Waals surface area contributed by atoms with Crippen LogP contribution in [0.1, 0.15) is 44.9 Å². The topological polar surface area (TPSA) is 50.0 Å². The van der Waals surface area contributed by atoms with Crippen LogP contribution in [0.2, 0.25) is 0 Å². The van der Waals surface area contributed by atoms with E-state index in [9.17, 15) is 9.59 Å². The number of nitrogens with zero attached hydrogens (tertiary/aromatic N) is 4. The van der Waals surface area contributed by atoms with Crippen LogP contribution in [0.4, 0.5) is 0 Å². The molecule has 2 aromatic heterocycles. The van der Waals surface area contributed by atoms with Crippen molar-refractivity contribution in [2.75, 3.05) is 26.2 Å². The summed E-state index contributed by atoms with van der Waals surface area (Å²) in [5.74, 6) is 0.218. The maximum Gasteiger partial charge on any atom is 0.275 e. The number of piperazine rings is 1. The standard InChI is InChI=1S/C25H31BrN4O2/c26-19-10-11-21-23(18-19)30(25(32)22-8-4-12-29(21)22)13-5-9-24(31)28-16-14-27(15-17-28)20-6-2-1-3-7-20/h4,8,10-12,18,20H,1-3,5-7,9,13-17H2. The average molecular weight is 499 g/mol. The maximum absolute atomic E-state index is 13.1. The van der Waals surface area contributed by atoms with Crippen molar-refractivity contribution in [3.63, 3.8) is 0 Å². The molecule has 1 amide bonds. The zero-order valence-corrected chi connectivity index (χ0v) is 20.1. The van der Waals surface area contributed by atoms with Gasteiger partial charge in [0.15, 0.2) is 0 Å². The Labute approximate surface area is 196 Å². The van der Waals surface area contributed by atoms with Gasteiger partial charge in [0.05, 0.1) is 11.0 Å². The Balaban J connectivity index is 1.23. The van der Waals surface area contributed by atoms with Gasteiger partial charge in [0.2, 0.25) is 5.91 Å². The SMILES string of the molecule is O=C(CCCn1c(=O)c2cccn2c2ccc(Br)cc21)N1CCN(C2CCCCC2)CC1. The second-order valence-electron chi connectivity index (χ2n) is 9.17. The Morgan fingerprint density at radius 2 is 1.75 bits per heavy atom. The molecule has 2 fully saturated rings. The molecule has 1 aliphatic heterocycles. The fourth-order valence-electron chi connectivity index (χ4n) is 5.48. The largest absolute Gasteiger partial charge is 0.340 e. The molecular formula is C25H31BrN4O2. The molecule has 7 heteroatoms. The minimum absolute atomic E-state index is 0.00542. The number of rotatable bonds is 5. The van der Waals surface area contributed by atoms with Crippen LogP contribution in [0.3, 0.4) is 0 Å². The molecule has 0 atom stereocenters. The number of hydrogen-bond donors (Lipinski definition) is 0. The molecule has 3 aromatic rings.